The van der Waals surface area contributed by atoms with E-state index in [0.717, 1.165) is 12.0 Å². The van der Waals surface area contributed by atoms with Gasteiger partial charge in [0.05, 0.1) is 6.61 Å². The van der Waals surface area contributed by atoms with Crippen LogP contribution in [0.25, 0.3) is 0 Å². The van der Waals surface area contributed by atoms with Gasteiger partial charge in [0.1, 0.15) is 12.0 Å². The highest BCUT2D eigenvalue weighted by molar-refractivity contribution is 5.49. The van der Waals surface area contributed by atoms with E-state index in [4.69, 9.17) is 4.74 Å². The van der Waals surface area contributed by atoms with E-state index >= 15 is 0 Å². The van der Waals surface area contributed by atoms with Gasteiger partial charge in [-0.3, -0.25) is 0 Å². The van der Waals surface area contributed by atoms with Crippen molar-refractivity contribution in [3.63, 3.8) is 0 Å². The first-order valence-corrected chi connectivity index (χ1v) is 4.55. The molecule has 0 bridgehead atoms. The summed E-state index contributed by atoms with van der Waals surface area (Å²) in [7, 11) is 0. The zero-order valence-electron chi connectivity index (χ0n) is 8.19. The van der Waals surface area contributed by atoms with Gasteiger partial charge >= 0.3 is 0 Å². The van der Waals surface area contributed by atoms with Crippen molar-refractivity contribution in [1.29, 1.82) is 0 Å². The average molecular weight is 180 g/mol. The quantitative estimate of drug-likeness (QED) is 0.526. The van der Waals surface area contributed by atoms with E-state index in [2.05, 4.69) is 0 Å². The number of carbonyl (C=O) groups excluding carboxylic acids is 1. The molecule has 1 aromatic rings. The van der Waals surface area contributed by atoms with E-state index in [1.165, 1.54) is 0 Å². The smallest absolute Gasteiger partial charge is 0.123 e. The van der Waals surface area contributed by atoms with Crippen LogP contribution in [0.5, 0.6) is 5.75 Å². The van der Waals surface area contributed by atoms with Crippen molar-refractivity contribution in [2.75, 3.05) is 6.61 Å². The van der Waals surface area contributed by atoms with E-state index in [0.29, 0.717) is 13.0 Å². The standard InChI is InChI=1S/C9H10O2.C2H6/c10-7-4-8-11-9-5-2-1-3-6-9;1-2/h1-3,5-7H,4,8H2;1-2H3. The molecule has 0 N–H and O–H groups in total. The second kappa shape index (κ2) is 8.78. The molecule has 0 unspecified atom stereocenters. The summed E-state index contributed by atoms with van der Waals surface area (Å²) in [5.74, 6) is 0.814. The highest BCUT2D eigenvalue weighted by atomic mass is 16.5. The number of aldehydes is 1. The number of benzene rings is 1. The summed E-state index contributed by atoms with van der Waals surface area (Å²) in [6.45, 7) is 4.47. The number of para-hydroxylation sites is 1. The van der Waals surface area contributed by atoms with E-state index in [-0.39, 0.29) is 0 Å². The van der Waals surface area contributed by atoms with Crippen LogP contribution in [0.3, 0.4) is 0 Å². The van der Waals surface area contributed by atoms with Gasteiger partial charge in [0.25, 0.3) is 0 Å². The molecule has 0 fully saturated rings. The minimum atomic E-state index is 0.453. The summed E-state index contributed by atoms with van der Waals surface area (Å²) in [6.07, 6.45) is 1.30. The Morgan fingerprint density at radius 2 is 1.85 bits per heavy atom. The minimum absolute atomic E-state index is 0.453. The number of rotatable bonds is 4. The lowest BCUT2D eigenvalue weighted by Crippen LogP contribution is -1.96. The predicted octanol–water partition coefficient (Wildman–Crippen LogP) is 2.68. The zero-order chi connectivity index (χ0) is 9.94. The van der Waals surface area contributed by atoms with E-state index in [1.807, 2.05) is 44.2 Å². The Hall–Kier alpha value is -1.31. The molecule has 0 aliphatic rings. The molecule has 72 valence electrons. The van der Waals surface area contributed by atoms with Crippen LogP contribution >= 0.6 is 0 Å². The molecule has 0 aliphatic carbocycles. The molecule has 0 atom stereocenters. The van der Waals surface area contributed by atoms with Crippen molar-refractivity contribution in [3.8, 4) is 5.75 Å². The van der Waals surface area contributed by atoms with Crippen molar-refractivity contribution in [1.82, 2.24) is 0 Å². The fourth-order valence-electron chi connectivity index (χ4n) is 0.742. The van der Waals surface area contributed by atoms with Gasteiger partial charge in [0.15, 0.2) is 0 Å². The maximum atomic E-state index is 9.92. The van der Waals surface area contributed by atoms with Crippen LogP contribution in [0.4, 0.5) is 0 Å². The van der Waals surface area contributed by atoms with Gasteiger partial charge in [-0.05, 0) is 12.1 Å². The Bertz CT molecular complexity index is 207. The lowest BCUT2D eigenvalue weighted by molar-refractivity contribution is -0.108. The van der Waals surface area contributed by atoms with Crippen LogP contribution < -0.4 is 4.74 Å². The molecule has 2 nitrogen and oxygen atoms in total. The van der Waals surface area contributed by atoms with E-state index < -0.39 is 0 Å². The molecule has 0 spiro atoms. The fourth-order valence-corrected chi connectivity index (χ4v) is 0.742. The highest BCUT2D eigenvalue weighted by Gasteiger charge is 1.88. The summed E-state index contributed by atoms with van der Waals surface area (Å²) >= 11 is 0. The SMILES string of the molecule is CC.O=CCCOc1ccccc1. The van der Waals surface area contributed by atoms with Crippen LogP contribution in [0, 0.1) is 0 Å². The number of ether oxygens (including phenoxy) is 1. The van der Waals surface area contributed by atoms with Crippen LogP contribution in [-0.2, 0) is 4.79 Å². The second-order valence-corrected chi connectivity index (χ2v) is 2.12. The second-order valence-electron chi connectivity index (χ2n) is 2.12. The van der Waals surface area contributed by atoms with Crippen molar-refractivity contribution < 1.29 is 9.53 Å². The third-order valence-electron chi connectivity index (χ3n) is 1.25. The molecule has 13 heavy (non-hydrogen) atoms. The topological polar surface area (TPSA) is 26.3 Å². The molecular weight excluding hydrogens is 164 g/mol. The van der Waals surface area contributed by atoms with Gasteiger partial charge in [-0.25, -0.2) is 0 Å². The largest absolute Gasteiger partial charge is 0.493 e. The normalized spacial score (nSPS) is 8.15. The Kier molecular flexibility index (Phi) is 7.90. The monoisotopic (exact) mass is 180 g/mol. The van der Waals surface area contributed by atoms with Crippen molar-refractivity contribution in [2.45, 2.75) is 20.3 Å². The fraction of sp³-hybridized carbons (Fsp3) is 0.364. The Morgan fingerprint density at radius 1 is 1.23 bits per heavy atom. The van der Waals surface area contributed by atoms with Gasteiger partial charge < -0.3 is 9.53 Å². The third-order valence-corrected chi connectivity index (χ3v) is 1.25. The molecule has 1 aromatic carbocycles. The van der Waals surface area contributed by atoms with E-state index in [9.17, 15) is 4.79 Å². The molecule has 0 heterocycles. The first-order chi connectivity index (χ1) is 6.43. The van der Waals surface area contributed by atoms with Crippen LogP contribution in [0.2, 0.25) is 0 Å². The van der Waals surface area contributed by atoms with Crippen LogP contribution in [-0.4, -0.2) is 12.9 Å². The minimum Gasteiger partial charge on any atom is -0.493 e. The van der Waals surface area contributed by atoms with E-state index in [1.54, 1.807) is 0 Å². The van der Waals surface area contributed by atoms with Gasteiger partial charge in [0.2, 0.25) is 0 Å². The summed E-state index contributed by atoms with van der Waals surface area (Å²) < 4.78 is 5.22. The maximum Gasteiger partial charge on any atom is 0.123 e. The van der Waals surface area contributed by atoms with Crippen LogP contribution in [0.15, 0.2) is 30.3 Å². The molecule has 0 saturated heterocycles. The Labute approximate surface area is 79.5 Å². The number of carbonyl (C=O) groups is 1. The highest BCUT2D eigenvalue weighted by Crippen LogP contribution is 2.07. The third kappa shape index (κ3) is 5.91. The molecule has 0 aromatic heterocycles. The predicted molar refractivity (Wildman–Crippen MR) is 54.0 cm³/mol. The molecule has 1 rings (SSSR count). The van der Waals surface area contributed by atoms with Crippen molar-refractivity contribution >= 4 is 6.29 Å². The van der Waals surface area contributed by atoms with Gasteiger partial charge in [0, 0.05) is 6.42 Å². The van der Waals surface area contributed by atoms with Gasteiger partial charge in [-0.2, -0.15) is 0 Å². The first-order valence-electron chi connectivity index (χ1n) is 4.55. The summed E-state index contributed by atoms with van der Waals surface area (Å²) in [4.78, 5) is 9.92. The van der Waals surface area contributed by atoms with Crippen molar-refractivity contribution in [3.05, 3.63) is 30.3 Å². The van der Waals surface area contributed by atoms with Gasteiger partial charge in [-0.15, -0.1) is 0 Å². The zero-order valence-corrected chi connectivity index (χ0v) is 8.19. The molecule has 0 radical (unpaired) electrons. The number of hydrogen-bond donors (Lipinski definition) is 0. The summed E-state index contributed by atoms with van der Waals surface area (Å²) in [6, 6.07) is 9.45. The number of hydrogen-bond acceptors (Lipinski definition) is 2. The van der Waals surface area contributed by atoms with Gasteiger partial charge in [-0.1, -0.05) is 32.0 Å². The lowest BCUT2D eigenvalue weighted by Gasteiger charge is -2.01. The molecule has 0 amide bonds. The molecule has 0 aliphatic heterocycles. The molecular formula is C11H16O2. The Morgan fingerprint density at radius 3 is 2.38 bits per heavy atom. The molecule has 2 heteroatoms. The first kappa shape index (κ1) is 11.7. The van der Waals surface area contributed by atoms with Crippen LogP contribution in [0.1, 0.15) is 20.3 Å². The maximum absolute atomic E-state index is 9.92. The van der Waals surface area contributed by atoms with Crippen molar-refractivity contribution in [2.24, 2.45) is 0 Å². The summed E-state index contributed by atoms with van der Waals surface area (Å²) in [5, 5.41) is 0. The molecule has 0 saturated carbocycles. The lowest BCUT2D eigenvalue weighted by atomic mass is 10.3. The Balaban J connectivity index is 0.000000671. The summed E-state index contributed by atoms with van der Waals surface area (Å²) in [5.41, 5.74) is 0. The average Bonchev–Trinajstić information content (AvgIpc) is 2.23.